The van der Waals surface area contributed by atoms with E-state index in [9.17, 15) is 9.18 Å². The van der Waals surface area contributed by atoms with Gasteiger partial charge in [0, 0.05) is 18.7 Å². The first-order chi connectivity index (χ1) is 14.5. The predicted molar refractivity (Wildman–Crippen MR) is 108 cm³/mol. The number of ether oxygens (including phenoxy) is 2. The number of aromatic nitrogens is 4. The number of carbonyl (C=O) groups is 1. The van der Waals surface area contributed by atoms with E-state index in [2.05, 4.69) is 15.4 Å². The summed E-state index contributed by atoms with van der Waals surface area (Å²) >= 11 is 0. The van der Waals surface area contributed by atoms with Crippen LogP contribution in [0.15, 0.2) is 42.5 Å². The van der Waals surface area contributed by atoms with E-state index >= 15 is 0 Å². The van der Waals surface area contributed by atoms with Crippen LogP contribution in [0, 0.1) is 5.82 Å². The lowest BCUT2D eigenvalue weighted by Gasteiger charge is -2.21. The molecule has 0 fully saturated rings. The van der Waals surface area contributed by atoms with E-state index in [1.807, 2.05) is 32.0 Å². The molecule has 3 rings (SSSR count). The number of hydrogen-bond donors (Lipinski definition) is 0. The van der Waals surface area contributed by atoms with Gasteiger partial charge in [0.05, 0.1) is 13.7 Å². The van der Waals surface area contributed by atoms with E-state index in [-0.39, 0.29) is 24.1 Å². The molecule has 0 aliphatic carbocycles. The van der Waals surface area contributed by atoms with Gasteiger partial charge >= 0.3 is 0 Å². The Morgan fingerprint density at radius 3 is 2.70 bits per heavy atom. The van der Waals surface area contributed by atoms with Crippen LogP contribution >= 0.6 is 0 Å². The van der Waals surface area contributed by atoms with Gasteiger partial charge in [-0.05, 0) is 48.9 Å². The number of hydrogen-bond acceptors (Lipinski definition) is 6. The summed E-state index contributed by atoms with van der Waals surface area (Å²) in [4.78, 5) is 15.6. The van der Waals surface area contributed by atoms with E-state index < -0.39 is 0 Å². The van der Waals surface area contributed by atoms with Gasteiger partial charge in [0.25, 0.3) is 0 Å². The van der Waals surface area contributed by atoms with E-state index in [0.717, 1.165) is 5.56 Å². The first-order valence-corrected chi connectivity index (χ1v) is 9.65. The van der Waals surface area contributed by atoms with Crippen LogP contribution in [0.3, 0.4) is 0 Å². The molecular weight excluding hydrogens is 389 g/mol. The third-order valence-corrected chi connectivity index (χ3v) is 4.45. The fraction of sp³-hybridized carbons (Fsp3) is 0.333. The Kier molecular flexibility index (Phi) is 6.95. The highest BCUT2D eigenvalue weighted by Crippen LogP contribution is 2.28. The standard InChI is InChI=1S/C21H24FN5O3/c1-4-26(13-15-9-10-18(30-5-2)19(11-15)29-3)20(28)14-27-24-21(23-25-27)16-7-6-8-17(22)12-16/h6-12H,4-5,13-14H2,1-3H3. The van der Waals surface area contributed by atoms with Crippen molar-refractivity contribution in [2.45, 2.75) is 26.9 Å². The highest BCUT2D eigenvalue weighted by molar-refractivity contribution is 5.75. The monoisotopic (exact) mass is 413 g/mol. The zero-order chi connectivity index (χ0) is 21.5. The number of benzene rings is 2. The highest BCUT2D eigenvalue weighted by atomic mass is 19.1. The Morgan fingerprint density at radius 2 is 2.00 bits per heavy atom. The molecule has 8 nitrogen and oxygen atoms in total. The van der Waals surface area contributed by atoms with Crippen LogP contribution in [0.1, 0.15) is 19.4 Å². The summed E-state index contributed by atoms with van der Waals surface area (Å²) in [5.74, 6) is 1.00. The smallest absolute Gasteiger partial charge is 0.246 e. The summed E-state index contributed by atoms with van der Waals surface area (Å²) in [7, 11) is 1.58. The molecule has 158 valence electrons. The van der Waals surface area contributed by atoms with Crippen molar-refractivity contribution in [3.8, 4) is 22.9 Å². The maximum Gasteiger partial charge on any atom is 0.246 e. The van der Waals surface area contributed by atoms with Crippen molar-refractivity contribution >= 4 is 5.91 Å². The number of nitrogens with zero attached hydrogens (tertiary/aromatic N) is 5. The predicted octanol–water partition coefficient (Wildman–Crippen LogP) is 2.94. The number of likely N-dealkylation sites (N-methyl/N-ethyl adjacent to an activating group) is 1. The number of halogens is 1. The molecule has 30 heavy (non-hydrogen) atoms. The molecule has 3 aromatic rings. The molecule has 0 unspecified atom stereocenters. The van der Waals surface area contributed by atoms with Gasteiger partial charge in [-0.15, -0.1) is 10.2 Å². The number of rotatable bonds is 9. The maximum absolute atomic E-state index is 13.4. The minimum absolute atomic E-state index is 0.0652. The normalized spacial score (nSPS) is 10.7. The summed E-state index contributed by atoms with van der Waals surface area (Å²) in [5, 5.41) is 12.0. The lowest BCUT2D eigenvalue weighted by atomic mass is 10.2. The zero-order valence-corrected chi connectivity index (χ0v) is 17.2. The van der Waals surface area contributed by atoms with Crippen molar-refractivity contribution in [2.24, 2.45) is 0 Å². The van der Waals surface area contributed by atoms with Crippen molar-refractivity contribution in [1.82, 2.24) is 25.1 Å². The second-order valence-electron chi connectivity index (χ2n) is 6.48. The third-order valence-electron chi connectivity index (χ3n) is 4.45. The largest absolute Gasteiger partial charge is 0.493 e. The first kappa shape index (κ1) is 21.2. The molecule has 0 saturated carbocycles. The molecule has 0 N–H and O–H groups in total. The van der Waals surface area contributed by atoms with Crippen LogP contribution in [0.25, 0.3) is 11.4 Å². The highest BCUT2D eigenvalue weighted by Gasteiger charge is 2.16. The van der Waals surface area contributed by atoms with Crippen LogP contribution in [-0.2, 0) is 17.9 Å². The van der Waals surface area contributed by atoms with Crippen LogP contribution in [-0.4, -0.2) is 51.3 Å². The fourth-order valence-corrected chi connectivity index (χ4v) is 2.96. The van der Waals surface area contributed by atoms with Crippen molar-refractivity contribution in [1.29, 1.82) is 0 Å². The molecule has 0 bridgehead atoms. The number of tetrazole rings is 1. The van der Waals surface area contributed by atoms with E-state index in [1.54, 1.807) is 24.1 Å². The fourth-order valence-electron chi connectivity index (χ4n) is 2.96. The van der Waals surface area contributed by atoms with Gasteiger partial charge < -0.3 is 14.4 Å². The summed E-state index contributed by atoms with van der Waals surface area (Å²) in [5.41, 5.74) is 1.42. The molecule has 1 aromatic heterocycles. The molecule has 0 aliphatic rings. The van der Waals surface area contributed by atoms with E-state index in [4.69, 9.17) is 9.47 Å². The molecule has 2 aromatic carbocycles. The number of methoxy groups -OCH3 is 1. The van der Waals surface area contributed by atoms with Crippen LogP contribution < -0.4 is 9.47 Å². The molecule has 1 amide bonds. The first-order valence-electron chi connectivity index (χ1n) is 9.65. The molecule has 0 saturated heterocycles. The van der Waals surface area contributed by atoms with Crippen molar-refractivity contribution in [3.63, 3.8) is 0 Å². The molecule has 0 atom stereocenters. The summed E-state index contributed by atoms with van der Waals surface area (Å²) < 4.78 is 24.3. The molecule has 0 spiro atoms. The summed E-state index contributed by atoms with van der Waals surface area (Å²) in [6, 6.07) is 11.5. The third kappa shape index (κ3) is 5.11. The van der Waals surface area contributed by atoms with Gasteiger partial charge in [0.1, 0.15) is 12.4 Å². The second kappa shape index (κ2) is 9.82. The number of amides is 1. The average molecular weight is 413 g/mol. The number of carbonyl (C=O) groups excluding carboxylic acids is 1. The Labute approximate surface area is 174 Å². The Bertz CT molecular complexity index is 1010. The topological polar surface area (TPSA) is 82.4 Å². The Morgan fingerprint density at radius 1 is 1.17 bits per heavy atom. The van der Waals surface area contributed by atoms with E-state index in [0.29, 0.717) is 36.8 Å². The van der Waals surface area contributed by atoms with Gasteiger partial charge in [0.15, 0.2) is 11.5 Å². The minimum Gasteiger partial charge on any atom is -0.493 e. The molecular formula is C21H24FN5O3. The minimum atomic E-state index is -0.386. The van der Waals surface area contributed by atoms with Gasteiger partial charge in [-0.2, -0.15) is 4.80 Å². The van der Waals surface area contributed by atoms with Gasteiger partial charge in [-0.25, -0.2) is 4.39 Å². The Balaban J connectivity index is 1.68. The Hall–Kier alpha value is -3.49. The van der Waals surface area contributed by atoms with Gasteiger partial charge in [-0.3, -0.25) is 4.79 Å². The summed E-state index contributed by atoms with van der Waals surface area (Å²) in [6.45, 7) is 5.20. The van der Waals surface area contributed by atoms with Crippen LogP contribution in [0.5, 0.6) is 11.5 Å². The summed E-state index contributed by atoms with van der Waals surface area (Å²) in [6.07, 6.45) is 0. The van der Waals surface area contributed by atoms with Crippen molar-refractivity contribution in [3.05, 3.63) is 53.8 Å². The lowest BCUT2D eigenvalue weighted by Crippen LogP contribution is -2.33. The quantitative estimate of drug-likeness (QED) is 0.536. The second-order valence-corrected chi connectivity index (χ2v) is 6.48. The lowest BCUT2D eigenvalue weighted by molar-refractivity contribution is -0.132. The van der Waals surface area contributed by atoms with Crippen molar-refractivity contribution < 1.29 is 18.7 Å². The van der Waals surface area contributed by atoms with Crippen molar-refractivity contribution in [2.75, 3.05) is 20.3 Å². The van der Waals surface area contributed by atoms with Gasteiger partial charge in [0.2, 0.25) is 11.7 Å². The molecule has 9 heteroatoms. The molecule has 1 heterocycles. The average Bonchev–Trinajstić information content (AvgIpc) is 3.21. The zero-order valence-electron chi connectivity index (χ0n) is 17.2. The SMILES string of the molecule is CCOc1ccc(CN(CC)C(=O)Cn2nnc(-c3cccc(F)c3)n2)cc1OC. The molecule has 0 radical (unpaired) electrons. The molecule has 0 aliphatic heterocycles. The van der Waals surface area contributed by atoms with Gasteiger partial charge in [-0.1, -0.05) is 18.2 Å². The van der Waals surface area contributed by atoms with Crippen LogP contribution in [0.4, 0.5) is 4.39 Å². The maximum atomic E-state index is 13.4. The van der Waals surface area contributed by atoms with Crippen LogP contribution in [0.2, 0.25) is 0 Å². The van der Waals surface area contributed by atoms with E-state index in [1.165, 1.54) is 16.9 Å².